The third-order valence-electron chi connectivity index (χ3n) is 4.95. The molecule has 1 amide bonds. The van der Waals surface area contributed by atoms with E-state index in [1.807, 2.05) is 26.0 Å². The molecule has 1 aliphatic rings. The maximum Gasteiger partial charge on any atom is 0.274 e. The Morgan fingerprint density at radius 1 is 1.07 bits per heavy atom. The predicted octanol–water partition coefficient (Wildman–Crippen LogP) is 3.09. The maximum atomic E-state index is 12.9. The average Bonchev–Trinajstić information content (AvgIpc) is 2.76. The van der Waals surface area contributed by atoms with Gasteiger partial charge in [-0.2, -0.15) is 0 Å². The van der Waals surface area contributed by atoms with Crippen molar-refractivity contribution in [1.29, 1.82) is 0 Å². The molecule has 1 aliphatic heterocycles. The second-order valence-electron chi connectivity index (χ2n) is 7.07. The third kappa shape index (κ3) is 4.21. The molecule has 0 aliphatic carbocycles. The Bertz CT molecular complexity index is 1010. The number of hydrogen-bond donors (Lipinski definition) is 0. The van der Waals surface area contributed by atoms with Crippen LogP contribution in [0.4, 0.5) is 0 Å². The number of pyridine rings is 1. The highest BCUT2D eigenvalue weighted by atomic mass is 16.5. The Hall–Kier alpha value is -3.42. The van der Waals surface area contributed by atoms with Gasteiger partial charge in [-0.3, -0.25) is 19.7 Å². The van der Waals surface area contributed by atoms with E-state index in [4.69, 9.17) is 4.74 Å². The third-order valence-corrected chi connectivity index (χ3v) is 4.95. The molecule has 0 N–H and O–H groups in total. The molecule has 3 aromatic heterocycles. The number of amides is 1. The smallest absolute Gasteiger partial charge is 0.274 e. The number of carbonyl (C=O) groups is 1. The van der Waals surface area contributed by atoms with Crippen LogP contribution in [0.2, 0.25) is 0 Å². The van der Waals surface area contributed by atoms with E-state index in [1.165, 1.54) is 6.20 Å². The quantitative estimate of drug-likeness (QED) is 0.675. The molecule has 0 saturated carbocycles. The van der Waals surface area contributed by atoms with Gasteiger partial charge in [0.15, 0.2) is 5.75 Å². The predicted molar refractivity (Wildman–Crippen MR) is 106 cm³/mol. The largest absolute Gasteiger partial charge is 0.435 e. The highest BCUT2D eigenvalue weighted by Gasteiger charge is 2.29. The number of hydrogen-bond acceptors (Lipinski definition) is 7. The van der Waals surface area contributed by atoms with Gasteiger partial charge in [0.05, 0.1) is 17.6 Å². The molecule has 0 bridgehead atoms. The lowest BCUT2D eigenvalue weighted by Gasteiger charge is -2.32. The molecule has 1 atom stereocenters. The zero-order chi connectivity index (χ0) is 20.2. The minimum atomic E-state index is -0.114. The van der Waals surface area contributed by atoms with Crippen molar-refractivity contribution in [2.75, 3.05) is 13.1 Å². The number of ether oxygens (including phenoxy) is 1. The van der Waals surface area contributed by atoms with Crippen molar-refractivity contribution in [3.05, 3.63) is 65.9 Å². The number of likely N-dealkylation sites (tertiary alicyclic amines) is 1. The van der Waals surface area contributed by atoms with Crippen LogP contribution in [0.15, 0.2) is 43.1 Å². The Balaban J connectivity index is 1.55. The van der Waals surface area contributed by atoms with Gasteiger partial charge < -0.3 is 9.64 Å². The van der Waals surface area contributed by atoms with Crippen molar-refractivity contribution < 1.29 is 9.53 Å². The lowest BCUT2D eigenvalue weighted by Crippen LogP contribution is -2.39. The first-order valence-corrected chi connectivity index (χ1v) is 9.60. The van der Waals surface area contributed by atoms with Crippen LogP contribution in [0.1, 0.15) is 46.3 Å². The summed E-state index contributed by atoms with van der Waals surface area (Å²) >= 11 is 0. The molecule has 1 saturated heterocycles. The normalized spacial score (nSPS) is 16.5. The van der Waals surface area contributed by atoms with Gasteiger partial charge in [-0.15, -0.1) is 0 Å². The molecule has 148 valence electrons. The summed E-state index contributed by atoms with van der Waals surface area (Å²) < 4.78 is 6.03. The van der Waals surface area contributed by atoms with Crippen molar-refractivity contribution in [1.82, 2.24) is 29.8 Å². The summed E-state index contributed by atoms with van der Waals surface area (Å²) in [5.74, 6) is 1.02. The van der Waals surface area contributed by atoms with Crippen LogP contribution in [0.25, 0.3) is 0 Å². The van der Waals surface area contributed by atoms with E-state index >= 15 is 0 Å². The highest BCUT2D eigenvalue weighted by Crippen LogP contribution is 2.33. The fraction of sp³-hybridized carbons (Fsp3) is 0.333. The van der Waals surface area contributed by atoms with E-state index in [-0.39, 0.29) is 11.8 Å². The van der Waals surface area contributed by atoms with Gasteiger partial charge in [0.25, 0.3) is 5.91 Å². The molecule has 4 heterocycles. The Morgan fingerprint density at radius 2 is 1.93 bits per heavy atom. The van der Waals surface area contributed by atoms with Gasteiger partial charge in [-0.05, 0) is 38.8 Å². The summed E-state index contributed by atoms with van der Waals surface area (Å²) in [5, 5.41) is 0. The zero-order valence-electron chi connectivity index (χ0n) is 16.4. The first kappa shape index (κ1) is 18.9. The van der Waals surface area contributed by atoms with E-state index in [0.29, 0.717) is 30.4 Å². The van der Waals surface area contributed by atoms with E-state index in [9.17, 15) is 4.79 Å². The van der Waals surface area contributed by atoms with Crippen molar-refractivity contribution >= 4 is 5.91 Å². The van der Waals surface area contributed by atoms with Crippen LogP contribution in [-0.4, -0.2) is 48.8 Å². The minimum Gasteiger partial charge on any atom is -0.435 e. The van der Waals surface area contributed by atoms with Gasteiger partial charge in [-0.25, -0.2) is 9.97 Å². The number of aryl methyl sites for hydroxylation is 2. The fourth-order valence-corrected chi connectivity index (χ4v) is 3.43. The van der Waals surface area contributed by atoms with Crippen molar-refractivity contribution in [3.8, 4) is 11.6 Å². The molecular formula is C21H22N6O2. The number of carbonyl (C=O) groups excluding carboxylic acids is 1. The van der Waals surface area contributed by atoms with Crippen LogP contribution in [-0.2, 0) is 0 Å². The Labute approximate surface area is 169 Å². The molecule has 8 nitrogen and oxygen atoms in total. The van der Waals surface area contributed by atoms with Crippen LogP contribution in [0.5, 0.6) is 11.6 Å². The molecule has 0 unspecified atom stereocenters. The van der Waals surface area contributed by atoms with Gasteiger partial charge >= 0.3 is 0 Å². The monoisotopic (exact) mass is 390 g/mol. The standard InChI is InChI=1S/C21H22N6O2/c1-14-11-26-17(12-25-14)21(28)27-10-4-5-16(13-27)19-20(24-9-8-23-19)29-18-6-3-7-22-15(18)2/h3,6-9,11-12,16H,4-5,10,13H2,1-2H3/t16-/m1/s1. The number of rotatable bonds is 4. The summed E-state index contributed by atoms with van der Waals surface area (Å²) in [5.41, 5.74) is 2.67. The molecule has 29 heavy (non-hydrogen) atoms. The van der Waals surface area contributed by atoms with Crippen LogP contribution < -0.4 is 4.74 Å². The van der Waals surface area contributed by atoms with E-state index < -0.39 is 0 Å². The topological polar surface area (TPSA) is 94.0 Å². The number of piperidine rings is 1. The second-order valence-corrected chi connectivity index (χ2v) is 7.07. The second kappa shape index (κ2) is 8.30. The first-order valence-electron chi connectivity index (χ1n) is 9.60. The summed E-state index contributed by atoms with van der Waals surface area (Å²) in [6, 6.07) is 3.68. The van der Waals surface area contributed by atoms with Crippen molar-refractivity contribution in [2.24, 2.45) is 0 Å². The minimum absolute atomic E-state index is 0.0341. The summed E-state index contributed by atoms with van der Waals surface area (Å²) in [6.07, 6.45) is 9.91. The lowest BCUT2D eigenvalue weighted by molar-refractivity contribution is 0.0698. The molecule has 1 fully saturated rings. The molecule has 0 radical (unpaired) electrons. The average molecular weight is 390 g/mol. The summed E-state index contributed by atoms with van der Waals surface area (Å²) in [7, 11) is 0. The van der Waals surface area contributed by atoms with Crippen molar-refractivity contribution in [2.45, 2.75) is 32.6 Å². The molecule has 3 aromatic rings. The molecule has 0 spiro atoms. The zero-order valence-corrected chi connectivity index (χ0v) is 16.4. The van der Waals surface area contributed by atoms with Gasteiger partial charge in [0.1, 0.15) is 11.4 Å². The van der Waals surface area contributed by atoms with E-state index in [1.54, 1.807) is 29.7 Å². The molecular weight excluding hydrogens is 368 g/mol. The Morgan fingerprint density at radius 3 is 2.72 bits per heavy atom. The van der Waals surface area contributed by atoms with Crippen LogP contribution in [0.3, 0.4) is 0 Å². The molecule has 0 aromatic carbocycles. The summed E-state index contributed by atoms with van der Waals surface area (Å²) in [6.45, 7) is 4.95. The summed E-state index contributed by atoms with van der Waals surface area (Å²) in [4.78, 5) is 36.2. The Kier molecular flexibility index (Phi) is 5.41. The van der Waals surface area contributed by atoms with Crippen LogP contribution in [0, 0.1) is 13.8 Å². The highest BCUT2D eigenvalue weighted by molar-refractivity contribution is 5.92. The maximum absolute atomic E-state index is 12.9. The lowest BCUT2D eigenvalue weighted by atomic mass is 9.94. The van der Waals surface area contributed by atoms with Gasteiger partial charge in [-0.1, -0.05) is 0 Å². The first-order chi connectivity index (χ1) is 14.1. The van der Waals surface area contributed by atoms with Crippen molar-refractivity contribution in [3.63, 3.8) is 0 Å². The molecule has 4 rings (SSSR count). The van der Waals surface area contributed by atoms with Gasteiger partial charge in [0, 0.05) is 43.8 Å². The van der Waals surface area contributed by atoms with E-state index in [0.717, 1.165) is 29.9 Å². The number of nitrogens with zero attached hydrogens (tertiary/aromatic N) is 6. The fourth-order valence-electron chi connectivity index (χ4n) is 3.43. The van der Waals surface area contributed by atoms with Gasteiger partial charge in [0.2, 0.25) is 5.88 Å². The van der Waals surface area contributed by atoms with E-state index in [2.05, 4.69) is 24.9 Å². The van der Waals surface area contributed by atoms with Crippen LogP contribution >= 0.6 is 0 Å². The molecule has 8 heteroatoms. The SMILES string of the molecule is Cc1cnc(C(=O)N2CCC[C@@H](c3nccnc3Oc3cccnc3C)C2)cn1. The number of aromatic nitrogens is 5.